The van der Waals surface area contributed by atoms with Crippen LogP contribution in [0.4, 0.5) is 0 Å². The Bertz CT molecular complexity index is 1030. The molecule has 2 saturated carbocycles. The second-order valence-corrected chi connectivity index (χ2v) is 11.9. The average molecular weight is 555 g/mol. The molecule has 0 aromatic heterocycles. The van der Waals surface area contributed by atoms with Gasteiger partial charge in [-0.2, -0.15) is 0 Å². The van der Waals surface area contributed by atoms with Crippen molar-refractivity contribution in [1.82, 2.24) is 0 Å². The van der Waals surface area contributed by atoms with Crippen LogP contribution >= 0.6 is 0 Å². The molecule has 0 amide bonds. The first-order chi connectivity index (χ1) is 18.0. The predicted molar refractivity (Wildman–Crippen MR) is 136 cm³/mol. The van der Waals surface area contributed by atoms with Crippen molar-refractivity contribution >= 4 is 23.9 Å². The van der Waals surface area contributed by atoms with E-state index in [1.54, 1.807) is 13.8 Å². The van der Waals surface area contributed by atoms with Gasteiger partial charge in [0.15, 0.2) is 6.10 Å². The molecule has 0 aromatic carbocycles. The highest BCUT2D eigenvalue weighted by Crippen LogP contribution is 2.60. The van der Waals surface area contributed by atoms with E-state index in [0.29, 0.717) is 11.1 Å². The zero-order chi connectivity index (χ0) is 29.6. The van der Waals surface area contributed by atoms with Gasteiger partial charge in [0.1, 0.15) is 24.4 Å². The summed E-state index contributed by atoms with van der Waals surface area (Å²) in [4.78, 5) is 48.9. The van der Waals surface area contributed by atoms with Gasteiger partial charge in [0, 0.05) is 63.9 Å². The largest absolute Gasteiger partial charge is 0.462 e. The minimum absolute atomic E-state index is 0.101. The molecule has 2 fully saturated rings. The summed E-state index contributed by atoms with van der Waals surface area (Å²) in [5, 5.41) is 34.3. The van der Waals surface area contributed by atoms with Crippen LogP contribution in [0, 0.1) is 28.6 Å². The van der Waals surface area contributed by atoms with Crippen LogP contribution in [0.1, 0.15) is 68.2 Å². The van der Waals surface area contributed by atoms with Crippen molar-refractivity contribution in [2.45, 2.75) is 105 Å². The van der Waals surface area contributed by atoms with Gasteiger partial charge in [0.05, 0.1) is 6.10 Å². The fourth-order valence-electron chi connectivity index (χ4n) is 7.57. The lowest BCUT2D eigenvalue weighted by Gasteiger charge is -2.62. The van der Waals surface area contributed by atoms with E-state index in [1.807, 2.05) is 13.8 Å². The van der Waals surface area contributed by atoms with Gasteiger partial charge in [0.25, 0.3) is 0 Å². The summed E-state index contributed by atoms with van der Waals surface area (Å²) in [5.41, 5.74) is -1.25. The van der Waals surface area contributed by atoms with E-state index < -0.39 is 95.7 Å². The van der Waals surface area contributed by atoms with Crippen LogP contribution in [-0.4, -0.2) is 82.4 Å². The van der Waals surface area contributed by atoms with E-state index in [9.17, 15) is 34.5 Å². The van der Waals surface area contributed by atoms with E-state index in [1.165, 1.54) is 27.7 Å². The van der Waals surface area contributed by atoms with Gasteiger partial charge in [-0.1, -0.05) is 20.8 Å². The highest BCUT2D eigenvalue weighted by Gasteiger charge is 2.67. The number of rotatable bonds is 5. The van der Waals surface area contributed by atoms with Crippen LogP contribution in [0.5, 0.6) is 0 Å². The van der Waals surface area contributed by atoms with Gasteiger partial charge >= 0.3 is 23.9 Å². The average Bonchev–Trinajstić information content (AvgIpc) is 2.79. The van der Waals surface area contributed by atoms with Crippen molar-refractivity contribution in [2.24, 2.45) is 28.6 Å². The number of carbonyl (C=O) groups is 4. The third-order valence-corrected chi connectivity index (χ3v) is 9.22. The molecule has 3 N–H and O–H groups in total. The Morgan fingerprint density at radius 2 is 1.38 bits per heavy atom. The van der Waals surface area contributed by atoms with Gasteiger partial charge in [-0.05, 0) is 29.9 Å². The minimum Gasteiger partial charge on any atom is -0.462 e. The Labute approximate surface area is 228 Å². The molecule has 39 heavy (non-hydrogen) atoms. The fourth-order valence-corrected chi connectivity index (χ4v) is 7.57. The second kappa shape index (κ2) is 11.2. The number of carbonyl (C=O) groups excluding carboxylic acids is 4. The molecule has 3 rings (SSSR count). The molecular formula is C28H42O11. The molecule has 0 aliphatic heterocycles. The SMILES string of the molecule is CC(=O)O[C@H]1[C@@H]2[C@H](CO)[C@@H](OC(C)=O)C[C@H](O)[C@@]2(C)[C@@H](O)[C@H](OC(C)=O)C2=C(C)[C@@H](OC(C)=O)C[C@@H]1C2(C)C. The summed E-state index contributed by atoms with van der Waals surface area (Å²) in [6, 6.07) is 0. The van der Waals surface area contributed by atoms with Crippen molar-refractivity contribution in [2.75, 3.05) is 6.61 Å². The molecule has 3 aliphatic carbocycles. The molecule has 0 heterocycles. The first kappa shape index (κ1) is 31.0. The number of fused-ring (bicyclic) bond motifs is 3. The number of aliphatic hydroxyl groups excluding tert-OH is 3. The normalized spacial score (nSPS) is 39.4. The van der Waals surface area contributed by atoms with Crippen LogP contribution in [0.2, 0.25) is 0 Å². The number of hydrogen-bond donors (Lipinski definition) is 3. The molecule has 2 bridgehead atoms. The smallest absolute Gasteiger partial charge is 0.303 e. The highest BCUT2D eigenvalue weighted by atomic mass is 16.6. The summed E-state index contributed by atoms with van der Waals surface area (Å²) in [5.74, 6) is -4.81. The summed E-state index contributed by atoms with van der Waals surface area (Å²) in [7, 11) is 0. The highest BCUT2D eigenvalue weighted by molar-refractivity contribution is 5.68. The van der Waals surface area contributed by atoms with Crippen molar-refractivity contribution in [3.8, 4) is 0 Å². The predicted octanol–water partition coefficient (Wildman–Crippen LogP) is 1.45. The molecule has 3 aliphatic rings. The Morgan fingerprint density at radius 3 is 1.87 bits per heavy atom. The topological polar surface area (TPSA) is 166 Å². The lowest BCUT2D eigenvalue weighted by molar-refractivity contribution is -0.249. The van der Waals surface area contributed by atoms with E-state index in [4.69, 9.17) is 18.9 Å². The third kappa shape index (κ3) is 5.45. The van der Waals surface area contributed by atoms with E-state index >= 15 is 0 Å². The summed E-state index contributed by atoms with van der Waals surface area (Å²) >= 11 is 0. The van der Waals surface area contributed by atoms with Crippen LogP contribution in [-0.2, 0) is 38.1 Å². The maximum atomic E-state index is 12.6. The van der Waals surface area contributed by atoms with Gasteiger partial charge < -0.3 is 34.3 Å². The Hall–Kier alpha value is -2.50. The third-order valence-electron chi connectivity index (χ3n) is 9.22. The second-order valence-electron chi connectivity index (χ2n) is 11.9. The minimum atomic E-state index is -1.53. The summed E-state index contributed by atoms with van der Waals surface area (Å²) in [6.07, 6.45) is -6.68. The van der Waals surface area contributed by atoms with E-state index in [2.05, 4.69) is 0 Å². The number of hydrogen-bond acceptors (Lipinski definition) is 11. The zero-order valence-corrected chi connectivity index (χ0v) is 23.9. The first-order valence-electron chi connectivity index (χ1n) is 13.3. The van der Waals surface area contributed by atoms with E-state index in [0.717, 1.165) is 0 Å². The van der Waals surface area contributed by atoms with Crippen molar-refractivity contribution in [3.63, 3.8) is 0 Å². The molecule has 0 radical (unpaired) electrons. The van der Waals surface area contributed by atoms with Crippen molar-refractivity contribution < 1.29 is 53.4 Å². The molecular weight excluding hydrogens is 512 g/mol. The zero-order valence-electron chi connectivity index (χ0n) is 23.9. The monoisotopic (exact) mass is 554 g/mol. The lowest BCUT2D eigenvalue weighted by Crippen LogP contribution is -2.69. The van der Waals surface area contributed by atoms with Crippen molar-refractivity contribution in [1.29, 1.82) is 0 Å². The quantitative estimate of drug-likeness (QED) is 0.256. The van der Waals surface area contributed by atoms with Gasteiger partial charge in [-0.3, -0.25) is 19.2 Å². The molecule has 0 aromatic rings. The number of aliphatic hydroxyl groups is 3. The first-order valence-corrected chi connectivity index (χ1v) is 13.3. The number of esters is 4. The Morgan fingerprint density at radius 1 is 0.846 bits per heavy atom. The Kier molecular flexibility index (Phi) is 8.89. The van der Waals surface area contributed by atoms with Crippen LogP contribution < -0.4 is 0 Å². The van der Waals surface area contributed by atoms with E-state index in [-0.39, 0.29) is 12.8 Å². The molecule has 11 nitrogen and oxygen atoms in total. The standard InChI is InChI=1S/C28H42O11/c1-12-19(36-13(2)30)9-18-24(38-15(4)32)23-17(11-29)20(37-14(3)31)10-21(34)28(23,8)26(35)25(39-16(5)33)22(12)27(18,6)7/h17-21,23-26,29,34-35H,9-11H2,1-8H3/t17-,18+,19+,20+,21+,23+,24-,25-,26+,28-/m1/s1. The van der Waals surface area contributed by atoms with Crippen molar-refractivity contribution in [3.05, 3.63) is 11.1 Å². The molecule has 0 unspecified atom stereocenters. The van der Waals surface area contributed by atoms with Crippen LogP contribution in [0.15, 0.2) is 11.1 Å². The Balaban J connectivity index is 2.40. The number of ether oxygens (including phenoxy) is 4. The maximum absolute atomic E-state index is 12.6. The molecule has 0 spiro atoms. The van der Waals surface area contributed by atoms with Gasteiger partial charge in [-0.25, -0.2) is 0 Å². The molecule has 220 valence electrons. The lowest BCUT2D eigenvalue weighted by atomic mass is 9.47. The molecule has 0 saturated heterocycles. The summed E-state index contributed by atoms with van der Waals surface area (Å²) < 4.78 is 22.9. The van der Waals surface area contributed by atoms with Crippen LogP contribution in [0.3, 0.4) is 0 Å². The summed E-state index contributed by atoms with van der Waals surface area (Å²) in [6.45, 7) is 11.5. The van der Waals surface area contributed by atoms with Gasteiger partial charge in [0.2, 0.25) is 0 Å². The fraction of sp³-hybridized carbons (Fsp3) is 0.786. The van der Waals surface area contributed by atoms with Crippen LogP contribution in [0.25, 0.3) is 0 Å². The molecule has 10 atom stereocenters. The maximum Gasteiger partial charge on any atom is 0.303 e. The molecule has 11 heteroatoms. The van der Waals surface area contributed by atoms with Gasteiger partial charge in [-0.15, -0.1) is 0 Å².